The van der Waals surface area contributed by atoms with Crippen LogP contribution in [0.25, 0.3) is 28.3 Å². The summed E-state index contributed by atoms with van der Waals surface area (Å²) in [7, 11) is 0. The lowest BCUT2D eigenvalue weighted by Gasteiger charge is -2.13. The molecule has 3 aromatic carbocycles. The molecule has 0 amide bonds. The second-order valence-corrected chi connectivity index (χ2v) is 7.69. The smallest absolute Gasteiger partial charge is 0.00489 e. The van der Waals surface area contributed by atoms with Crippen molar-refractivity contribution in [2.45, 2.75) is 32.1 Å². The van der Waals surface area contributed by atoms with Gasteiger partial charge in [0.05, 0.1) is 0 Å². The van der Waals surface area contributed by atoms with Crippen molar-refractivity contribution in [3.63, 3.8) is 0 Å². The van der Waals surface area contributed by atoms with Gasteiger partial charge in [0.1, 0.15) is 0 Å². The fourth-order valence-electron chi connectivity index (χ4n) is 4.69. The highest BCUT2D eigenvalue weighted by molar-refractivity contribution is 5.78. The molecule has 1 saturated carbocycles. The molecule has 0 nitrogen and oxygen atoms in total. The fraction of sp³-hybridized carbons (Fsp3) is 0.231. The van der Waals surface area contributed by atoms with E-state index in [4.69, 9.17) is 0 Å². The van der Waals surface area contributed by atoms with E-state index < -0.39 is 0 Å². The summed E-state index contributed by atoms with van der Waals surface area (Å²) in [5.74, 6) is 0.829. The van der Waals surface area contributed by atoms with Crippen LogP contribution in [0.1, 0.15) is 36.8 Å². The molecule has 0 heteroatoms. The van der Waals surface area contributed by atoms with Crippen molar-refractivity contribution in [2.75, 3.05) is 0 Å². The van der Waals surface area contributed by atoms with Crippen molar-refractivity contribution in [1.29, 1.82) is 0 Å². The van der Waals surface area contributed by atoms with E-state index in [1.165, 1.54) is 59.1 Å². The molecule has 0 spiro atoms. The van der Waals surface area contributed by atoms with Crippen LogP contribution in [0.2, 0.25) is 0 Å². The van der Waals surface area contributed by atoms with Crippen molar-refractivity contribution >= 4 is 6.08 Å². The van der Waals surface area contributed by atoms with Gasteiger partial charge in [-0.1, -0.05) is 97.3 Å². The maximum atomic E-state index is 2.48. The van der Waals surface area contributed by atoms with Crippen molar-refractivity contribution in [3.05, 3.63) is 89.5 Å². The molecule has 0 unspecified atom stereocenters. The Morgan fingerprint density at radius 3 is 2.08 bits per heavy atom. The predicted octanol–water partition coefficient (Wildman–Crippen LogP) is 7.15. The van der Waals surface area contributed by atoms with Gasteiger partial charge < -0.3 is 0 Å². The molecule has 0 aromatic heterocycles. The number of hydrogen-bond donors (Lipinski definition) is 0. The second-order valence-electron chi connectivity index (χ2n) is 7.69. The molecule has 0 heterocycles. The Hall–Kier alpha value is -2.60. The molecule has 5 rings (SSSR count). The topological polar surface area (TPSA) is 0 Å². The van der Waals surface area contributed by atoms with E-state index in [0.717, 1.165) is 12.3 Å². The Kier molecular flexibility index (Phi) is 3.97. The van der Waals surface area contributed by atoms with Crippen LogP contribution in [0.15, 0.2) is 78.4 Å². The first kappa shape index (κ1) is 15.6. The molecular formula is C26H24. The van der Waals surface area contributed by atoms with Crippen molar-refractivity contribution < 1.29 is 0 Å². The Morgan fingerprint density at radius 1 is 0.615 bits per heavy atom. The Balaban J connectivity index is 1.45. The van der Waals surface area contributed by atoms with Gasteiger partial charge in [0.2, 0.25) is 0 Å². The summed E-state index contributed by atoms with van der Waals surface area (Å²) in [6.07, 6.45) is 9.23. The second kappa shape index (κ2) is 6.61. The van der Waals surface area contributed by atoms with Gasteiger partial charge in [-0.25, -0.2) is 0 Å². The van der Waals surface area contributed by atoms with Gasteiger partial charge in [-0.05, 0) is 58.6 Å². The van der Waals surface area contributed by atoms with Gasteiger partial charge in [-0.2, -0.15) is 0 Å². The molecule has 0 aliphatic heterocycles. The third kappa shape index (κ3) is 2.80. The zero-order valence-corrected chi connectivity index (χ0v) is 15.1. The van der Waals surface area contributed by atoms with Crippen LogP contribution in [0.5, 0.6) is 0 Å². The molecule has 0 bridgehead atoms. The standard InChI is InChI=1S/C26H24/c1-2-7-19(8-3-1)21-13-15-22(16-14-21)25-12-6-11-23-17-24(18-26(23)25)20-9-4-5-10-20/h1-3,6-8,11-17,20H,4-5,9-10,18H2. The summed E-state index contributed by atoms with van der Waals surface area (Å²) in [6, 6.07) is 26.5. The van der Waals surface area contributed by atoms with Crippen LogP contribution in [0, 0.1) is 5.92 Å². The van der Waals surface area contributed by atoms with E-state index in [2.05, 4.69) is 78.9 Å². The summed E-state index contributed by atoms with van der Waals surface area (Å²) in [4.78, 5) is 0. The first-order valence-electron chi connectivity index (χ1n) is 9.87. The number of rotatable bonds is 3. The van der Waals surface area contributed by atoms with Crippen molar-refractivity contribution in [1.82, 2.24) is 0 Å². The summed E-state index contributed by atoms with van der Waals surface area (Å²) in [6.45, 7) is 0. The Bertz CT molecular complexity index is 939. The molecule has 0 radical (unpaired) electrons. The van der Waals surface area contributed by atoms with E-state index in [0.29, 0.717) is 0 Å². The predicted molar refractivity (Wildman–Crippen MR) is 111 cm³/mol. The van der Waals surface area contributed by atoms with Gasteiger partial charge in [0, 0.05) is 0 Å². The van der Waals surface area contributed by atoms with Gasteiger partial charge >= 0.3 is 0 Å². The normalized spacial score (nSPS) is 16.5. The van der Waals surface area contributed by atoms with Gasteiger partial charge in [0.15, 0.2) is 0 Å². The first-order chi connectivity index (χ1) is 12.9. The van der Waals surface area contributed by atoms with E-state index in [1.54, 1.807) is 5.57 Å². The first-order valence-corrected chi connectivity index (χ1v) is 9.87. The maximum Gasteiger partial charge on any atom is -0.00489 e. The van der Waals surface area contributed by atoms with Crippen LogP contribution in [-0.2, 0) is 6.42 Å². The zero-order chi connectivity index (χ0) is 17.3. The third-order valence-electron chi connectivity index (χ3n) is 6.12. The van der Waals surface area contributed by atoms with Gasteiger partial charge in [-0.3, -0.25) is 0 Å². The van der Waals surface area contributed by atoms with Crippen molar-refractivity contribution in [2.24, 2.45) is 5.92 Å². The summed E-state index contributed by atoms with van der Waals surface area (Å²) < 4.78 is 0. The molecule has 1 fully saturated rings. The molecule has 0 saturated heterocycles. The molecular weight excluding hydrogens is 312 g/mol. The van der Waals surface area contributed by atoms with E-state index in [-0.39, 0.29) is 0 Å². The lowest BCUT2D eigenvalue weighted by molar-refractivity contribution is 0.635. The van der Waals surface area contributed by atoms with Gasteiger partial charge in [-0.15, -0.1) is 0 Å². The minimum absolute atomic E-state index is 0.829. The zero-order valence-electron chi connectivity index (χ0n) is 15.1. The molecule has 2 aliphatic rings. The summed E-state index contributed by atoms with van der Waals surface area (Å²) in [5, 5.41) is 0. The number of benzene rings is 3. The minimum atomic E-state index is 0.829. The van der Waals surface area contributed by atoms with Crippen LogP contribution < -0.4 is 0 Å². The maximum absolute atomic E-state index is 2.48. The van der Waals surface area contributed by atoms with Crippen LogP contribution in [0.3, 0.4) is 0 Å². The monoisotopic (exact) mass is 336 g/mol. The molecule has 128 valence electrons. The Morgan fingerprint density at radius 2 is 1.31 bits per heavy atom. The average Bonchev–Trinajstić information content (AvgIpc) is 3.38. The molecule has 0 N–H and O–H groups in total. The van der Waals surface area contributed by atoms with E-state index in [9.17, 15) is 0 Å². The van der Waals surface area contributed by atoms with E-state index in [1.807, 2.05) is 0 Å². The molecule has 0 atom stereocenters. The fourth-order valence-corrected chi connectivity index (χ4v) is 4.69. The average molecular weight is 336 g/mol. The molecule has 2 aliphatic carbocycles. The lowest BCUT2D eigenvalue weighted by Crippen LogP contribution is -1.99. The highest BCUT2D eigenvalue weighted by Gasteiger charge is 2.25. The largest absolute Gasteiger partial charge is 0.0622 e. The Labute approximate surface area is 156 Å². The SMILES string of the molecule is C1=C(C2CCCC2)Cc2c1cccc2-c1ccc(-c2ccccc2)cc1. The molecule has 3 aromatic rings. The van der Waals surface area contributed by atoms with Crippen LogP contribution in [0.4, 0.5) is 0 Å². The van der Waals surface area contributed by atoms with Crippen LogP contribution in [-0.4, -0.2) is 0 Å². The van der Waals surface area contributed by atoms with Gasteiger partial charge in [0.25, 0.3) is 0 Å². The van der Waals surface area contributed by atoms with E-state index >= 15 is 0 Å². The highest BCUT2D eigenvalue weighted by Crippen LogP contribution is 2.41. The number of hydrogen-bond acceptors (Lipinski definition) is 0. The summed E-state index contributed by atoms with van der Waals surface area (Å²) in [5.41, 5.74) is 9.95. The molecule has 26 heavy (non-hydrogen) atoms. The van der Waals surface area contributed by atoms with Crippen molar-refractivity contribution in [3.8, 4) is 22.3 Å². The minimum Gasteiger partial charge on any atom is -0.0622 e. The lowest BCUT2D eigenvalue weighted by atomic mass is 9.92. The summed E-state index contributed by atoms with van der Waals surface area (Å²) >= 11 is 0. The van der Waals surface area contributed by atoms with Crippen LogP contribution >= 0.6 is 0 Å². The number of fused-ring (bicyclic) bond motifs is 1. The quantitative estimate of drug-likeness (QED) is 0.476. The highest BCUT2D eigenvalue weighted by atomic mass is 14.3. The number of allylic oxidation sites excluding steroid dienone is 1. The third-order valence-corrected chi connectivity index (χ3v) is 6.12.